The fraction of sp³-hybridized carbons (Fsp3) is 0.364. The van der Waals surface area contributed by atoms with Crippen molar-refractivity contribution in [2.45, 2.75) is 31.8 Å². The highest BCUT2D eigenvalue weighted by atomic mass is 32.1. The number of likely N-dealkylation sites (tertiary alicyclic amines) is 1. The lowest BCUT2D eigenvalue weighted by Crippen LogP contribution is -2.28. The summed E-state index contributed by atoms with van der Waals surface area (Å²) in [7, 11) is 0. The topological polar surface area (TPSA) is 15.3 Å². The maximum Gasteiger partial charge on any atom is 0.0374 e. The van der Waals surface area contributed by atoms with E-state index in [1.54, 1.807) is 0 Å². The molecule has 0 saturated carbocycles. The summed E-state index contributed by atoms with van der Waals surface area (Å²) < 4.78 is 1.42. The summed E-state index contributed by atoms with van der Waals surface area (Å²) in [6, 6.07) is 20.1. The zero-order valence-electron chi connectivity index (χ0n) is 14.7. The first kappa shape index (κ1) is 16.8. The van der Waals surface area contributed by atoms with E-state index in [-0.39, 0.29) is 0 Å². The predicted octanol–water partition coefficient (Wildman–Crippen LogP) is 5.22. The minimum Gasteiger partial charge on any atom is -0.313 e. The Bertz CT molecular complexity index is 790. The van der Waals surface area contributed by atoms with E-state index in [1.165, 1.54) is 53.6 Å². The Morgan fingerprint density at radius 3 is 2.56 bits per heavy atom. The molecule has 1 unspecified atom stereocenters. The van der Waals surface area contributed by atoms with Crippen molar-refractivity contribution in [3.63, 3.8) is 0 Å². The number of fused-ring (bicyclic) bond motifs is 1. The largest absolute Gasteiger partial charge is 0.313 e. The van der Waals surface area contributed by atoms with Crippen LogP contribution in [0.3, 0.4) is 0 Å². The van der Waals surface area contributed by atoms with Gasteiger partial charge in [0.2, 0.25) is 0 Å². The van der Waals surface area contributed by atoms with Gasteiger partial charge in [-0.15, -0.1) is 11.3 Å². The molecule has 4 rings (SSSR count). The minimum atomic E-state index is 0.543. The highest BCUT2D eigenvalue weighted by Crippen LogP contribution is 2.36. The molecular weight excluding hydrogens is 324 g/mol. The number of hydrogen-bond acceptors (Lipinski definition) is 3. The second-order valence-electron chi connectivity index (χ2n) is 6.90. The van der Waals surface area contributed by atoms with Crippen LogP contribution in [0.25, 0.3) is 10.1 Å². The quantitative estimate of drug-likeness (QED) is 0.588. The first-order valence-electron chi connectivity index (χ1n) is 9.36. The van der Waals surface area contributed by atoms with E-state index >= 15 is 0 Å². The monoisotopic (exact) mass is 350 g/mol. The van der Waals surface area contributed by atoms with Crippen LogP contribution < -0.4 is 5.32 Å². The van der Waals surface area contributed by atoms with Gasteiger partial charge < -0.3 is 5.32 Å². The van der Waals surface area contributed by atoms with Crippen LogP contribution in [0.4, 0.5) is 0 Å². The van der Waals surface area contributed by atoms with E-state index in [0.717, 1.165) is 13.1 Å². The number of nitrogens with zero attached hydrogens (tertiary/aromatic N) is 1. The molecule has 3 heteroatoms. The molecule has 0 bridgehead atoms. The molecule has 2 heterocycles. The smallest absolute Gasteiger partial charge is 0.0374 e. The lowest BCUT2D eigenvalue weighted by molar-refractivity contribution is 0.233. The molecule has 1 N–H and O–H groups in total. The minimum absolute atomic E-state index is 0.543. The van der Waals surface area contributed by atoms with Crippen molar-refractivity contribution in [1.82, 2.24) is 10.2 Å². The van der Waals surface area contributed by atoms with E-state index in [1.807, 2.05) is 11.3 Å². The SMILES string of the molecule is c1ccc(CNCCC(c2csc3ccccc23)N2CCCC2)cc1. The van der Waals surface area contributed by atoms with Crippen LogP contribution in [0.2, 0.25) is 0 Å². The van der Waals surface area contributed by atoms with Crippen molar-refractivity contribution in [1.29, 1.82) is 0 Å². The van der Waals surface area contributed by atoms with Crippen LogP contribution in [-0.2, 0) is 6.54 Å². The molecule has 1 aliphatic heterocycles. The lowest BCUT2D eigenvalue weighted by Gasteiger charge is -2.28. The Balaban J connectivity index is 1.45. The van der Waals surface area contributed by atoms with E-state index in [4.69, 9.17) is 0 Å². The molecular formula is C22H26N2S. The van der Waals surface area contributed by atoms with Gasteiger partial charge in [0.1, 0.15) is 0 Å². The third kappa shape index (κ3) is 3.95. The second kappa shape index (κ2) is 8.13. The first-order valence-corrected chi connectivity index (χ1v) is 10.2. The summed E-state index contributed by atoms with van der Waals surface area (Å²) in [4.78, 5) is 2.69. The molecule has 2 nitrogen and oxygen atoms in total. The van der Waals surface area contributed by atoms with Crippen molar-refractivity contribution < 1.29 is 0 Å². The number of benzene rings is 2. The molecule has 1 saturated heterocycles. The average Bonchev–Trinajstić information content (AvgIpc) is 3.33. The third-order valence-corrected chi connectivity index (χ3v) is 6.20. The Hall–Kier alpha value is -1.68. The van der Waals surface area contributed by atoms with E-state index in [2.05, 4.69) is 70.2 Å². The van der Waals surface area contributed by atoms with E-state index < -0.39 is 0 Å². The standard InChI is InChI=1S/C22H26N2S/c1-2-8-18(9-3-1)16-23-13-12-21(24-14-6-7-15-24)20-17-25-22-11-5-4-10-19(20)22/h1-5,8-11,17,21,23H,6-7,12-16H2. The highest BCUT2D eigenvalue weighted by Gasteiger charge is 2.25. The number of nitrogens with one attached hydrogen (secondary N) is 1. The van der Waals surface area contributed by atoms with Gasteiger partial charge in [-0.3, -0.25) is 4.90 Å². The number of hydrogen-bond donors (Lipinski definition) is 1. The van der Waals surface area contributed by atoms with Gasteiger partial charge in [0.05, 0.1) is 0 Å². The van der Waals surface area contributed by atoms with Crippen LogP contribution in [0, 0.1) is 0 Å². The van der Waals surface area contributed by atoms with Gasteiger partial charge in [-0.2, -0.15) is 0 Å². The summed E-state index contributed by atoms with van der Waals surface area (Å²) in [6.07, 6.45) is 3.86. The summed E-state index contributed by atoms with van der Waals surface area (Å²) in [5.74, 6) is 0. The van der Waals surface area contributed by atoms with Crippen molar-refractivity contribution in [2.24, 2.45) is 0 Å². The van der Waals surface area contributed by atoms with Gasteiger partial charge in [-0.25, -0.2) is 0 Å². The normalized spacial score (nSPS) is 16.5. The lowest BCUT2D eigenvalue weighted by atomic mass is 10.0. The van der Waals surface area contributed by atoms with Crippen molar-refractivity contribution in [3.05, 3.63) is 71.1 Å². The Morgan fingerprint density at radius 1 is 0.960 bits per heavy atom. The van der Waals surface area contributed by atoms with Gasteiger partial charge in [-0.1, -0.05) is 48.5 Å². The molecule has 2 aromatic carbocycles. The Morgan fingerprint density at radius 2 is 1.72 bits per heavy atom. The van der Waals surface area contributed by atoms with Crippen LogP contribution in [0.1, 0.15) is 36.4 Å². The second-order valence-corrected chi connectivity index (χ2v) is 7.81. The molecule has 1 aliphatic rings. The molecule has 0 amide bonds. The molecule has 1 fully saturated rings. The first-order chi connectivity index (χ1) is 12.4. The molecule has 1 aromatic heterocycles. The van der Waals surface area contributed by atoms with Gasteiger partial charge in [0, 0.05) is 17.3 Å². The summed E-state index contributed by atoms with van der Waals surface area (Å²) in [5, 5.41) is 7.49. The molecule has 3 aromatic rings. The van der Waals surface area contributed by atoms with Crippen molar-refractivity contribution >= 4 is 21.4 Å². The Kier molecular flexibility index (Phi) is 5.46. The van der Waals surface area contributed by atoms with Crippen molar-refractivity contribution in [2.75, 3.05) is 19.6 Å². The number of thiophene rings is 1. The fourth-order valence-electron chi connectivity index (χ4n) is 3.91. The summed E-state index contributed by atoms with van der Waals surface area (Å²) in [6.45, 7) is 4.50. The maximum absolute atomic E-state index is 3.64. The van der Waals surface area contributed by atoms with Crippen LogP contribution in [0.5, 0.6) is 0 Å². The number of rotatable bonds is 7. The van der Waals surface area contributed by atoms with Crippen LogP contribution in [-0.4, -0.2) is 24.5 Å². The predicted molar refractivity (Wildman–Crippen MR) is 108 cm³/mol. The summed E-state index contributed by atoms with van der Waals surface area (Å²) in [5.41, 5.74) is 2.89. The summed E-state index contributed by atoms with van der Waals surface area (Å²) >= 11 is 1.89. The van der Waals surface area contributed by atoms with Gasteiger partial charge in [0.25, 0.3) is 0 Å². The van der Waals surface area contributed by atoms with Gasteiger partial charge in [-0.05, 0) is 66.9 Å². The van der Waals surface area contributed by atoms with E-state index in [9.17, 15) is 0 Å². The van der Waals surface area contributed by atoms with Crippen molar-refractivity contribution in [3.8, 4) is 0 Å². The Labute approximate surface area is 154 Å². The van der Waals surface area contributed by atoms with Crippen LogP contribution >= 0.6 is 11.3 Å². The van der Waals surface area contributed by atoms with E-state index in [0.29, 0.717) is 6.04 Å². The molecule has 0 aliphatic carbocycles. The molecule has 0 radical (unpaired) electrons. The molecule has 0 spiro atoms. The van der Waals surface area contributed by atoms with Gasteiger partial charge >= 0.3 is 0 Å². The third-order valence-electron chi connectivity index (χ3n) is 5.22. The molecule has 130 valence electrons. The van der Waals surface area contributed by atoms with Gasteiger partial charge in [0.15, 0.2) is 0 Å². The molecule has 25 heavy (non-hydrogen) atoms. The average molecular weight is 351 g/mol. The maximum atomic E-state index is 3.64. The zero-order valence-corrected chi connectivity index (χ0v) is 15.5. The van der Waals surface area contributed by atoms with Crippen LogP contribution in [0.15, 0.2) is 60.0 Å². The molecule has 1 atom stereocenters. The highest BCUT2D eigenvalue weighted by molar-refractivity contribution is 7.17. The fourth-order valence-corrected chi connectivity index (χ4v) is 4.92. The zero-order chi connectivity index (χ0) is 16.9.